The number of para-hydroxylation sites is 1. The second-order valence-corrected chi connectivity index (χ2v) is 5.47. The van der Waals surface area contributed by atoms with Gasteiger partial charge in [-0.1, -0.05) is 25.1 Å². The van der Waals surface area contributed by atoms with Crippen LogP contribution in [0.15, 0.2) is 24.3 Å². The SMILES string of the molecule is CCCNCc1ccccc1N(C)CC(C)(C)O. The van der Waals surface area contributed by atoms with Gasteiger partial charge in [0.15, 0.2) is 0 Å². The van der Waals surface area contributed by atoms with E-state index in [1.54, 1.807) is 0 Å². The van der Waals surface area contributed by atoms with Crippen LogP contribution in [-0.2, 0) is 6.54 Å². The fourth-order valence-electron chi connectivity index (χ4n) is 2.10. The fraction of sp³-hybridized carbons (Fsp3) is 0.600. The summed E-state index contributed by atoms with van der Waals surface area (Å²) < 4.78 is 0. The van der Waals surface area contributed by atoms with Crippen LogP contribution >= 0.6 is 0 Å². The van der Waals surface area contributed by atoms with Crippen molar-refractivity contribution in [2.75, 3.05) is 25.0 Å². The maximum absolute atomic E-state index is 9.90. The van der Waals surface area contributed by atoms with Crippen LogP contribution in [0.3, 0.4) is 0 Å². The van der Waals surface area contributed by atoms with Gasteiger partial charge in [-0.3, -0.25) is 0 Å². The lowest BCUT2D eigenvalue weighted by atomic mass is 10.1. The molecule has 0 heterocycles. The predicted molar refractivity (Wildman–Crippen MR) is 78.0 cm³/mol. The van der Waals surface area contributed by atoms with Gasteiger partial charge in [-0.15, -0.1) is 0 Å². The zero-order chi connectivity index (χ0) is 13.6. The standard InChI is InChI=1S/C15H26N2O/c1-5-10-16-11-13-8-6-7-9-14(13)17(4)12-15(2,3)18/h6-9,16,18H,5,10-12H2,1-4H3. The minimum absolute atomic E-state index is 0.623. The second kappa shape index (κ2) is 6.76. The van der Waals surface area contributed by atoms with E-state index in [2.05, 4.69) is 35.3 Å². The van der Waals surface area contributed by atoms with Crippen molar-refractivity contribution in [1.82, 2.24) is 5.32 Å². The smallest absolute Gasteiger partial charge is 0.0765 e. The van der Waals surface area contributed by atoms with Crippen molar-refractivity contribution in [1.29, 1.82) is 0 Å². The average molecular weight is 250 g/mol. The molecule has 18 heavy (non-hydrogen) atoms. The molecule has 0 amide bonds. The zero-order valence-electron chi connectivity index (χ0n) is 12.0. The molecule has 102 valence electrons. The van der Waals surface area contributed by atoms with Gasteiger partial charge in [0.1, 0.15) is 0 Å². The Morgan fingerprint density at radius 2 is 1.94 bits per heavy atom. The zero-order valence-corrected chi connectivity index (χ0v) is 12.0. The van der Waals surface area contributed by atoms with E-state index < -0.39 is 5.60 Å². The number of anilines is 1. The largest absolute Gasteiger partial charge is 0.389 e. The molecule has 0 saturated heterocycles. The van der Waals surface area contributed by atoms with Crippen molar-refractivity contribution in [3.05, 3.63) is 29.8 Å². The van der Waals surface area contributed by atoms with Gasteiger partial charge < -0.3 is 15.3 Å². The highest BCUT2D eigenvalue weighted by Crippen LogP contribution is 2.20. The van der Waals surface area contributed by atoms with Crippen molar-refractivity contribution >= 4 is 5.69 Å². The highest BCUT2D eigenvalue weighted by atomic mass is 16.3. The van der Waals surface area contributed by atoms with Gasteiger partial charge in [0.2, 0.25) is 0 Å². The molecule has 0 bridgehead atoms. The lowest BCUT2D eigenvalue weighted by Crippen LogP contribution is -2.36. The van der Waals surface area contributed by atoms with Crippen LogP contribution < -0.4 is 10.2 Å². The molecule has 3 heteroatoms. The lowest BCUT2D eigenvalue weighted by Gasteiger charge is -2.29. The summed E-state index contributed by atoms with van der Waals surface area (Å²) in [5.41, 5.74) is 1.78. The van der Waals surface area contributed by atoms with Gasteiger partial charge in [0.05, 0.1) is 5.60 Å². The molecule has 0 aliphatic carbocycles. The average Bonchev–Trinajstić information content (AvgIpc) is 2.27. The molecule has 0 fully saturated rings. The summed E-state index contributed by atoms with van der Waals surface area (Å²) in [6.07, 6.45) is 1.14. The molecule has 3 nitrogen and oxygen atoms in total. The van der Waals surface area contributed by atoms with Crippen molar-refractivity contribution in [3.63, 3.8) is 0 Å². The van der Waals surface area contributed by atoms with Crippen molar-refractivity contribution in [2.45, 2.75) is 39.3 Å². The first-order valence-electron chi connectivity index (χ1n) is 6.66. The van der Waals surface area contributed by atoms with Gasteiger partial charge in [-0.25, -0.2) is 0 Å². The Morgan fingerprint density at radius 3 is 2.56 bits per heavy atom. The fourth-order valence-corrected chi connectivity index (χ4v) is 2.10. The first kappa shape index (κ1) is 15.0. The molecular formula is C15H26N2O. The minimum Gasteiger partial charge on any atom is -0.389 e. The molecule has 1 aromatic rings. The molecule has 1 rings (SSSR count). The van der Waals surface area contributed by atoms with E-state index in [-0.39, 0.29) is 0 Å². The van der Waals surface area contributed by atoms with Crippen LogP contribution in [0.5, 0.6) is 0 Å². The third-order valence-electron chi connectivity index (χ3n) is 2.77. The monoisotopic (exact) mass is 250 g/mol. The molecule has 0 aromatic heterocycles. The molecule has 1 aromatic carbocycles. The minimum atomic E-state index is -0.682. The van der Waals surface area contributed by atoms with E-state index in [0.717, 1.165) is 19.5 Å². The summed E-state index contributed by atoms with van der Waals surface area (Å²) >= 11 is 0. The molecule has 0 aliphatic heterocycles. The van der Waals surface area contributed by atoms with Crippen LogP contribution in [0.2, 0.25) is 0 Å². The molecule has 0 aliphatic rings. The Hall–Kier alpha value is -1.06. The highest BCUT2D eigenvalue weighted by Gasteiger charge is 2.17. The van der Waals surface area contributed by atoms with Crippen LogP contribution in [0.1, 0.15) is 32.8 Å². The first-order chi connectivity index (χ1) is 8.44. The summed E-state index contributed by atoms with van der Waals surface area (Å²) in [4.78, 5) is 2.11. The molecule has 0 unspecified atom stereocenters. The van der Waals surface area contributed by atoms with Crippen LogP contribution in [-0.4, -0.2) is 30.8 Å². The van der Waals surface area contributed by atoms with Gasteiger partial charge >= 0.3 is 0 Å². The van der Waals surface area contributed by atoms with Crippen LogP contribution in [0, 0.1) is 0 Å². The second-order valence-electron chi connectivity index (χ2n) is 5.47. The quantitative estimate of drug-likeness (QED) is 0.729. The number of nitrogens with zero attached hydrogens (tertiary/aromatic N) is 1. The summed E-state index contributed by atoms with van der Waals surface area (Å²) in [6.45, 7) is 8.36. The summed E-state index contributed by atoms with van der Waals surface area (Å²) in [7, 11) is 2.02. The molecule has 0 spiro atoms. The third kappa shape index (κ3) is 5.07. The Morgan fingerprint density at radius 1 is 1.28 bits per heavy atom. The van der Waals surface area contributed by atoms with E-state index in [9.17, 15) is 5.11 Å². The van der Waals surface area contributed by atoms with Gasteiger partial charge in [-0.05, 0) is 38.4 Å². The van der Waals surface area contributed by atoms with E-state index in [0.29, 0.717) is 6.54 Å². The Labute approximate surface area is 111 Å². The van der Waals surface area contributed by atoms with E-state index in [1.807, 2.05) is 27.0 Å². The van der Waals surface area contributed by atoms with Gasteiger partial charge in [0.25, 0.3) is 0 Å². The van der Waals surface area contributed by atoms with Crippen molar-refractivity contribution in [2.24, 2.45) is 0 Å². The summed E-state index contributed by atoms with van der Waals surface area (Å²) in [5.74, 6) is 0. The van der Waals surface area contributed by atoms with Gasteiger partial charge in [0, 0.05) is 25.8 Å². The van der Waals surface area contributed by atoms with E-state index >= 15 is 0 Å². The number of aliphatic hydroxyl groups is 1. The molecular weight excluding hydrogens is 224 g/mol. The maximum Gasteiger partial charge on any atom is 0.0765 e. The Balaban J connectivity index is 2.74. The lowest BCUT2D eigenvalue weighted by molar-refractivity contribution is 0.0886. The van der Waals surface area contributed by atoms with E-state index in [1.165, 1.54) is 11.3 Å². The van der Waals surface area contributed by atoms with Crippen LogP contribution in [0.4, 0.5) is 5.69 Å². The molecule has 0 radical (unpaired) electrons. The normalized spacial score (nSPS) is 11.6. The number of rotatable bonds is 7. The Bertz CT molecular complexity index is 358. The number of likely N-dealkylation sites (N-methyl/N-ethyl adjacent to an activating group) is 1. The predicted octanol–water partition coefficient (Wildman–Crippen LogP) is 2.39. The van der Waals surface area contributed by atoms with Crippen molar-refractivity contribution < 1.29 is 5.11 Å². The topological polar surface area (TPSA) is 35.5 Å². The molecule has 0 saturated carbocycles. The number of benzene rings is 1. The summed E-state index contributed by atoms with van der Waals surface area (Å²) in [6, 6.07) is 8.34. The van der Waals surface area contributed by atoms with E-state index in [4.69, 9.17) is 0 Å². The van der Waals surface area contributed by atoms with Crippen LogP contribution in [0.25, 0.3) is 0 Å². The maximum atomic E-state index is 9.90. The molecule has 2 N–H and O–H groups in total. The Kier molecular flexibility index (Phi) is 5.63. The van der Waals surface area contributed by atoms with Gasteiger partial charge in [-0.2, -0.15) is 0 Å². The highest BCUT2D eigenvalue weighted by molar-refractivity contribution is 5.53. The number of nitrogens with one attached hydrogen (secondary N) is 1. The first-order valence-corrected chi connectivity index (χ1v) is 6.66. The van der Waals surface area contributed by atoms with Crippen molar-refractivity contribution in [3.8, 4) is 0 Å². The number of hydrogen-bond donors (Lipinski definition) is 2. The third-order valence-corrected chi connectivity index (χ3v) is 2.77. The molecule has 0 atom stereocenters. The number of hydrogen-bond acceptors (Lipinski definition) is 3. The summed E-state index contributed by atoms with van der Waals surface area (Å²) in [5, 5.41) is 13.3.